The summed E-state index contributed by atoms with van der Waals surface area (Å²) in [5.74, 6) is 1.42. The molecule has 0 unspecified atom stereocenters. The number of rotatable bonds is 6. The number of nitrogens with zero attached hydrogens (tertiary/aromatic N) is 4. The number of hydrogen-bond donors (Lipinski definition) is 1. The lowest BCUT2D eigenvalue weighted by Crippen LogP contribution is -2.19. The maximum Gasteiger partial charge on any atom is 0.172 e. The fourth-order valence-electron chi connectivity index (χ4n) is 2.45. The second-order valence-corrected chi connectivity index (χ2v) is 5.81. The Labute approximate surface area is 126 Å². The first-order valence-electron chi connectivity index (χ1n) is 7.60. The Morgan fingerprint density at radius 1 is 1.19 bits per heavy atom. The number of nitrogens with one attached hydrogen (secondary N) is 1. The molecule has 1 N–H and O–H groups in total. The smallest absolute Gasteiger partial charge is 0.172 e. The van der Waals surface area contributed by atoms with Crippen molar-refractivity contribution in [3.63, 3.8) is 0 Å². The maximum atomic E-state index is 4.56. The standard InChI is InChI=1S/C16H25N5/c1-6-15-12(4)20-21(13(15)5)16-10-18-14(9-19-16)8-17-7-11(2)3/h9-11,17H,6-8H2,1-5H3. The summed E-state index contributed by atoms with van der Waals surface area (Å²) in [6.45, 7) is 12.4. The van der Waals surface area contributed by atoms with Crippen LogP contribution in [0.2, 0.25) is 0 Å². The lowest BCUT2D eigenvalue weighted by molar-refractivity contribution is 0.547. The Morgan fingerprint density at radius 2 is 1.95 bits per heavy atom. The van der Waals surface area contributed by atoms with Gasteiger partial charge < -0.3 is 5.32 Å². The molecule has 0 aliphatic rings. The fourth-order valence-corrected chi connectivity index (χ4v) is 2.45. The Bertz CT molecular complexity index is 583. The maximum absolute atomic E-state index is 4.56. The molecule has 0 bridgehead atoms. The van der Waals surface area contributed by atoms with Gasteiger partial charge in [-0.25, -0.2) is 9.67 Å². The zero-order chi connectivity index (χ0) is 15.4. The van der Waals surface area contributed by atoms with Crippen LogP contribution in [0.15, 0.2) is 12.4 Å². The highest BCUT2D eigenvalue weighted by molar-refractivity contribution is 5.31. The van der Waals surface area contributed by atoms with E-state index in [1.54, 1.807) is 6.20 Å². The van der Waals surface area contributed by atoms with Gasteiger partial charge in [-0.2, -0.15) is 5.10 Å². The predicted octanol–water partition coefficient (Wildman–Crippen LogP) is 2.59. The van der Waals surface area contributed by atoms with Gasteiger partial charge in [0.2, 0.25) is 0 Å². The van der Waals surface area contributed by atoms with Crippen molar-refractivity contribution in [2.75, 3.05) is 6.54 Å². The van der Waals surface area contributed by atoms with E-state index in [9.17, 15) is 0 Å². The van der Waals surface area contributed by atoms with Crippen molar-refractivity contribution in [3.8, 4) is 5.82 Å². The Kier molecular flexibility index (Phi) is 5.07. The molecular formula is C16H25N5. The summed E-state index contributed by atoms with van der Waals surface area (Å²) in [6, 6.07) is 0. The van der Waals surface area contributed by atoms with E-state index in [-0.39, 0.29) is 0 Å². The van der Waals surface area contributed by atoms with Gasteiger partial charge in [0.15, 0.2) is 5.82 Å². The molecule has 0 amide bonds. The summed E-state index contributed by atoms with van der Waals surface area (Å²) >= 11 is 0. The average Bonchev–Trinajstić information content (AvgIpc) is 2.74. The minimum Gasteiger partial charge on any atom is -0.311 e. The monoisotopic (exact) mass is 287 g/mol. The van der Waals surface area contributed by atoms with Crippen LogP contribution in [0.4, 0.5) is 0 Å². The third kappa shape index (κ3) is 3.67. The first-order valence-corrected chi connectivity index (χ1v) is 7.60. The van der Waals surface area contributed by atoms with Crippen molar-refractivity contribution in [2.45, 2.75) is 47.6 Å². The van der Waals surface area contributed by atoms with Gasteiger partial charge in [-0.05, 0) is 38.3 Å². The Hall–Kier alpha value is -1.75. The van der Waals surface area contributed by atoms with Crippen LogP contribution in [-0.2, 0) is 13.0 Å². The molecule has 0 atom stereocenters. The molecule has 0 aromatic carbocycles. The normalized spacial score (nSPS) is 11.3. The van der Waals surface area contributed by atoms with Crippen LogP contribution in [0.1, 0.15) is 43.4 Å². The molecule has 0 saturated carbocycles. The molecule has 114 valence electrons. The quantitative estimate of drug-likeness (QED) is 0.887. The molecule has 2 aromatic heterocycles. The lowest BCUT2D eigenvalue weighted by atomic mass is 10.1. The van der Waals surface area contributed by atoms with E-state index < -0.39 is 0 Å². The zero-order valence-corrected chi connectivity index (χ0v) is 13.6. The molecule has 0 spiro atoms. The molecule has 5 nitrogen and oxygen atoms in total. The predicted molar refractivity (Wildman–Crippen MR) is 84.6 cm³/mol. The third-order valence-corrected chi connectivity index (χ3v) is 3.56. The molecule has 0 saturated heterocycles. The molecular weight excluding hydrogens is 262 g/mol. The van der Waals surface area contributed by atoms with E-state index in [0.717, 1.165) is 42.4 Å². The van der Waals surface area contributed by atoms with Crippen LogP contribution in [0.25, 0.3) is 5.82 Å². The SMILES string of the molecule is CCc1c(C)nn(-c2cnc(CNCC(C)C)cn2)c1C. The Balaban J connectivity index is 2.12. The molecule has 2 aromatic rings. The minimum atomic E-state index is 0.638. The highest BCUT2D eigenvalue weighted by atomic mass is 15.3. The number of aryl methyl sites for hydroxylation is 1. The number of hydrogen-bond acceptors (Lipinski definition) is 4. The summed E-state index contributed by atoms with van der Waals surface area (Å²) < 4.78 is 1.88. The zero-order valence-electron chi connectivity index (χ0n) is 13.6. The van der Waals surface area contributed by atoms with Gasteiger partial charge in [0.05, 0.1) is 23.8 Å². The molecule has 0 radical (unpaired) electrons. The van der Waals surface area contributed by atoms with Gasteiger partial charge in [-0.3, -0.25) is 4.98 Å². The third-order valence-electron chi connectivity index (χ3n) is 3.56. The van der Waals surface area contributed by atoms with E-state index >= 15 is 0 Å². The highest BCUT2D eigenvalue weighted by Crippen LogP contribution is 2.16. The second-order valence-electron chi connectivity index (χ2n) is 5.81. The van der Waals surface area contributed by atoms with E-state index in [0.29, 0.717) is 5.92 Å². The first kappa shape index (κ1) is 15.6. The van der Waals surface area contributed by atoms with Crippen LogP contribution >= 0.6 is 0 Å². The first-order chi connectivity index (χ1) is 10.0. The lowest BCUT2D eigenvalue weighted by Gasteiger charge is -2.08. The fraction of sp³-hybridized carbons (Fsp3) is 0.562. The molecule has 0 aliphatic carbocycles. The van der Waals surface area contributed by atoms with Crippen LogP contribution < -0.4 is 5.32 Å². The molecule has 21 heavy (non-hydrogen) atoms. The molecule has 5 heteroatoms. The van der Waals surface area contributed by atoms with Crippen molar-refractivity contribution in [2.24, 2.45) is 5.92 Å². The van der Waals surface area contributed by atoms with Crippen molar-refractivity contribution in [1.29, 1.82) is 0 Å². The minimum absolute atomic E-state index is 0.638. The second kappa shape index (κ2) is 6.80. The highest BCUT2D eigenvalue weighted by Gasteiger charge is 2.12. The summed E-state index contributed by atoms with van der Waals surface area (Å²) in [6.07, 6.45) is 4.61. The average molecular weight is 287 g/mol. The van der Waals surface area contributed by atoms with Gasteiger partial charge >= 0.3 is 0 Å². The summed E-state index contributed by atoms with van der Waals surface area (Å²) in [7, 11) is 0. The van der Waals surface area contributed by atoms with Crippen molar-refractivity contribution >= 4 is 0 Å². The number of aromatic nitrogens is 4. The van der Waals surface area contributed by atoms with Crippen molar-refractivity contribution in [1.82, 2.24) is 25.1 Å². The molecule has 0 aliphatic heterocycles. The summed E-state index contributed by atoms with van der Waals surface area (Å²) in [4.78, 5) is 8.97. The topological polar surface area (TPSA) is 55.6 Å². The van der Waals surface area contributed by atoms with Crippen LogP contribution in [0.3, 0.4) is 0 Å². The van der Waals surface area contributed by atoms with E-state index in [1.807, 2.05) is 17.8 Å². The van der Waals surface area contributed by atoms with Gasteiger partial charge in [-0.1, -0.05) is 20.8 Å². The van der Waals surface area contributed by atoms with Gasteiger partial charge in [0.1, 0.15) is 0 Å². The largest absolute Gasteiger partial charge is 0.311 e. The van der Waals surface area contributed by atoms with Gasteiger partial charge in [-0.15, -0.1) is 0 Å². The Morgan fingerprint density at radius 3 is 2.48 bits per heavy atom. The summed E-state index contributed by atoms with van der Waals surface area (Å²) in [5, 5.41) is 7.93. The van der Waals surface area contributed by atoms with Crippen molar-refractivity contribution < 1.29 is 0 Å². The van der Waals surface area contributed by atoms with Crippen LogP contribution in [0.5, 0.6) is 0 Å². The molecule has 0 fully saturated rings. The van der Waals surface area contributed by atoms with Crippen LogP contribution in [-0.4, -0.2) is 26.3 Å². The van der Waals surface area contributed by atoms with Crippen molar-refractivity contribution in [3.05, 3.63) is 35.0 Å². The van der Waals surface area contributed by atoms with E-state index in [2.05, 4.69) is 48.1 Å². The van der Waals surface area contributed by atoms with Gasteiger partial charge in [0, 0.05) is 12.2 Å². The molecule has 2 heterocycles. The van der Waals surface area contributed by atoms with E-state index in [1.165, 1.54) is 5.56 Å². The summed E-state index contributed by atoms with van der Waals surface area (Å²) in [5.41, 5.74) is 4.46. The van der Waals surface area contributed by atoms with E-state index in [4.69, 9.17) is 0 Å². The van der Waals surface area contributed by atoms with Gasteiger partial charge in [0.25, 0.3) is 0 Å². The van der Waals surface area contributed by atoms with Crippen LogP contribution in [0, 0.1) is 19.8 Å². The molecule has 2 rings (SSSR count).